The average Bonchev–Trinajstić information content (AvgIpc) is 3.34. The van der Waals surface area contributed by atoms with E-state index >= 15 is 0 Å². The Balaban J connectivity index is 1.52. The molecule has 0 saturated carbocycles. The summed E-state index contributed by atoms with van der Waals surface area (Å²) < 4.78 is 32.0. The van der Waals surface area contributed by atoms with E-state index in [1.165, 1.54) is 18.3 Å². The van der Waals surface area contributed by atoms with Crippen molar-refractivity contribution in [3.8, 4) is 11.4 Å². The van der Waals surface area contributed by atoms with Crippen LogP contribution in [0, 0.1) is 0 Å². The first-order valence-electron chi connectivity index (χ1n) is 7.88. The lowest BCUT2D eigenvalue weighted by molar-refractivity contribution is -0.117. The van der Waals surface area contributed by atoms with Gasteiger partial charge in [0.1, 0.15) is 5.69 Å². The number of halogens is 2. The highest BCUT2D eigenvalue weighted by Crippen LogP contribution is 2.31. The van der Waals surface area contributed by atoms with E-state index in [1.54, 1.807) is 29.0 Å². The Labute approximate surface area is 146 Å². The molecule has 0 bridgehead atoms. The molecule has 1 aliphatic rings. The second-order valence-corrected chi connectivity index (χ2v) is 6.01. The molecule has 8 nitrogen and oxygen atoms in total. The molecule has 134 valence electrons. The van der Waals surface area contributed by atoms with Crippen LogP contribution in [-0.2, 0) is 11.8 Å². The zero-order valence-corrected chi connectivity index (χ0v) is 13.7. The minimum atomic E-state index is -2.63. The molecule has 4 heterocycles. The first-order valence-corrected chi connectivity index (χ1v) is 7.88. The number of pyridine rings is 1. The van der Waals surface area contributed by atoms with Gasteiger partial charge in [-0.05, 0) is 12.1 Å². The van der Waals surface area contributed by atoms with Gasteiger partial charge in [0.25, 0.3) is 6.43 Å². The highest BCUT2D eigenvalue weighted by Gasteiger charge is 2.35. The summed E-state index contributed by atoms with van der Waals surface area (Å²) in [6.45, 7) is 0.411. The fraction of sp³-hybridized carbons (Fsp3) is 0.312. The van der Waals surface area contributed by atoms with Crippen molar-refractivity contribution in [1.29, 1.82) is 0 Å². The van der Waals surface area contributed by atoms with Gasteiger partial charge in [0.2, 0.25) is 17.6 Å². The van der Waals surface area contributed by atoms with E-state index in [1.807, 2.05) is 0 Å². The van der Waals surface area contributed by atoms with Crippen LogP contribution in [0.2, 0.25) is 0 Å². The van der Waals surface area contributed by atoms with Crippen molar-refractivity contribution in [2.24, 2.45) is 7.05 Å². The SMILES string of the molecule is Cn1cc(N2CC(c3nc(-c4ccc(C(F)F)nc4)no3)CC2=O)cn1. The first kappa shape index (κ1) is 16.3. The van der Waals surface area contributed by atoms with Gasteiger partial charge in [-0.15, -0.1) is 0 Å². The van der Waals surface area contributed by atoms with Crippen LogP contribution >= 0.6 is 0 Å². The van der Waals surface area contributed by atoms with Crippen molar-refractivity contribution in [1.82, 2.24) is 24.9 Å². The van der Waals surface area contributed by atoms with E-state index in [4.69, 9.17) is 4.52 Å². The van der Waals surface area contributed by atoms with E-state index in [0.29, 0.717) is 23.7 Å². The van der Waals surface area contributed by atoms with Gasteiger partial charge >= 0.3 is 0 Å². The van der Waals surface area contributed by atoms with Crippen molar-refractivity contribution >= 4 is 11.6 Å². The van der Waals surface area contributed by atoms with E-state index in [9.17, 15) is 13.6 Å². The molecule has 10 heteroatoms. The smallest absolute Gasteiger partial charge is 0.280 e. The number of aromatic nitrogens is 5. The average molecular weight is 360 g/mol. The van der Waals surface area contributed by atoms with Gasteiger partial charge in [-0.25, -0.2) is 8.78 Å². The monoisotopic (exact) mass is 360 g/mol. The number of carbonyl (C=O) groups is 1. The van der Waals surface area contributed by atoms with Gasteiger partial charge in [0.15, 0.2) is 0 Å². The van der Waals surface area contributed by atoms with E-state index < -0.39 is 6.43 Å². The lowest BCUT2D eigenvalue weighted by atomic mass is 10.1. The topological polar surface area (TPSA) is 89.9 Å². The molecule has 0 N–H and O–H groups in total. The Bertz CT molecular complexity index is 936. The fourth-order valence-corrected chi connectivity index (χ4v) is 2.86. The third-order valence-corrected chi connectivity index (χ3v) is 4.19. The van der Waals surface area contributed by atoms with Crippen molar-refractivity contribution in [3.05, 3.63) is 42.3 Å². The van der Waals surface area contributed by atoms with Crippen LogP contribution in [0.4, 0.5) is 14.5 Å². The molecule has 0 aromatic carbocycles. The summed E-state index contributed by atoms with van der Waals surface area (Å²) >= 11 is 0. The highest BCUT2D eigenvalue weighted by atomic mass is 19.3. The Kier molecular flexibility index (Phi) is 3.94. The Hall–Kier alpha value is -3.17. The van der Waals surface area contributed by atoms with Crippen molar-refractivity contribution < 1.29 is 18.1 Å². The molecule has 0 radical (unpaired) electrons. The maximum Gasteiger partial charge on any atom is 0.280 e. The molecule has 3 aromatic rings. The molecular formula is C16H14F2N6O2. The summed E-state index contributed by atoms with van der Waals surface area (Å²) in [6, 6.07) is 2.68. The first-order chi connectivity index (χ1) is 12.5. The summed E-state index contributed by atoms with van der Waals surface area (Å²) in [7, 11) is 1.78. The van der Waals surface area contributed by atoms with Gasteiger partial charge < -0.3 is 9.42 Å². The summed E-state index contributed by atoms with van der Waals surface area (Å²) in [5.41, 5.74) is 0.871. The predicted molar refractivity (Wildman–Crippen MR) is 85.4 cm³/mol. The molecule has 1 saturated heterocycles. The van der Waals surface area contributed by atoms with Crippen LogP contribution in [0.3, 0.4) is 0 Å². The van der Waals surface area contributed by atoms with Gasteiger partial charge in [-0.2, -0.15) is 10.1 Å². The third kappa shape index (κ3) is 2.93. The number of amides is 1. The number of anilines is 1. The molecule has 1 atom stereocenters. The van der Waals surface area contributed by atoms with Gasteiger partial charge in [-0.3, -0.25) is 14.5 Å². The molecule has 4 rings (SSSR count). The summed E-state index contributed by atoms with van der Waals surface area (Å²) in [6.07, 6.45) is 2.27. The second-order valence-electron chi connectivity index (χ2n) is 6.01. The number of nitrogens with zero attached hydrogens (tertiary/aromatic N) is 6. The van der Waals surface area contributed by atoms with Crippen molar-refractivity contribution in [2.75, 3.05) is 11.4 Å². The number of rotatable bonds is 4. The van der Waals surface area contributed by atoms with Crippen LogP contribution in [0.15, 0.2) is 35.2 Å². The molecule has 1 amide bonds. The molecule has 26 heavy (non-hydrogen) atoms. The number of hydrogen-bond acceptors (Lipinski definition) is 6. The predicted octanol–water partition coefficient (Wildman–Crippen LogP) is 2.32. The van der Waals surface area contributed by atoms with E-state index in [0.717, 1.165) is 0 Å². The van der Waals surface area contributed by atoms with E-state index in [-0.39, 0.29) is 29.8 Å². The molecule has 3 aromatic heterocycles. The zero-order chi connectivity index (χ0) is 18.3. The van der Waals surface area contributed by atoms with Crippen LogP contribution in [0.25, 0.3) is 11.4 Å². The Morgan fingerprint density at radius 1 is 1.31 bits per heavy atom. The lowest BCUT2D eigenvalue weighted by Crippen LogP contribution is -2.23. The van der Waals surface area contributed by atoms with Crippen LogP contribution in [0.1, 0.15) is 30.3 Å². The highest BCUT2D eigenvalue weighted by molar-refractivity contribution is 5.96. The normalized spacial score (nSPS) is 17.5. The number of hydrogen-bond donors (Lipinski definition) is 0. The summed E-state index contributed by atoms with van der Waals surface area (Å²) in [4.78, 5) is 21.9. The van der Waals surface area contributed by atoms with Crippen LogP contribution < -0.4 is 4.90 Å². The molecular weight excluding hydrogens is 346 g/mol. The third-order valence-electron chi connectivity index (χ3n) is 4.19. The van der Waals surface area contributed by atoms with Crippen LogP contribution in [0.5, 0.6) is 0 Å². The largest absolute Gasteiger partial charge is 0.339 e. The molecule has 1 aliphatic heterocycles. The Morgan fingerprint density at radius 3 is 2.81 bits per heavy atom. The van der Waals surface area contributed by atoms with Crippen LogP contribution in [-0.4, -0.2) is 37.4 Å². The summed E-state index contributed by atoms with van der Waals surface area (Å²) in [5, 5.41) is 7.94. The minimum absolute atomic E-state index is 0.0503. The molecule has 1 fully saturated rings. The van der Waals surface area contributed by atoms with Crippen molar-refractivity contribution in [2.45, 2.75) is 18.8 Å². The van der Waals surface area contributed by atoms with Crippen molar-refractivity contribution in [3.63, 3.8) is 0 Å². The minimum Gasteiger partial charge on any atom is -0.339 e. The number of carbonyl (C=O) groups excluding carboxylic acids is 1. The maximum absolute atomic E-state index is 12.6. The Morgan fingerprint density at radius 2 is 2.15 bits per heavy atom. The molecule has 0 aliphatic carbocycles. The van der Waals surface area contributed by atoms with Gasteiger partial charge in [0.05, 0.1) is 17.8 Å². The standard InChI is InChI=1S/C16H14F2N6O2/c1-23-8-11(6-20-23)24-7-10(4-13(24)25)16-21-15(22-26-16)9-2-3-12(14(17)18)19-5-9/h2-3,5-6,8,10,14H,4,7H2,1H3. The van der Waals surface area contributed by atoms with E-state index in [2.05, 4.69) is 20.2 Å². The lowest BCUT2D eigenvalue weighted by Gasteiger charge is -2.12. The number of alkyl halides is 2. The zero-order valence-electron chi connectivity index (χ0n) is 13.7. The summed E-state index contributed by atoms with van der Waals surface area (Å²) in [5.74, 6) is 0.293. The van der Waals surface area contributed by atoms with Gasteiger partial charge in [0, 0.05) is 38.0 Å². The maximum atomic E-state index is 12.6. The quantitative estimate of drug-likeness (QED) is 0.709. The fourth-order valence-electron chi connectivity index (χ4n) is 2.86. The van der Waals surface area contributed by atoms with Gasteiger partial charge in [-0.1, -0.05) is 5.16 Å². The molecule has 1 unspecified atom stereocenters. The number of aryl methyl sites for hydroxylation is 1. The second kappa shape index (κ2) is 6.28. The molecule has 0 spiro atoms.